The van der Waals surface area contributed by atoms with Gasteiger partial charge in [-0.2, -0.15) is 0 Å². The van der Waals surface area contributed by atoms with E-state index in [9.17, 15) is 15.3 Å². The molecular weight excluding hydrogens is 256 g/mol. The second-order valence-corrected chi connectivity index (χ2v) is 7.82. The molecule has 3 rings (SSSR count). The SMILES string of the molecule is COC1C=CC2(CO)C3CC(C)(C)C3(O)C(O)CC12C. The highest BCUT2D eigenvalue weighted by atomic mass is 16.5. The van der Waals surface area contributed by atoms with Crippen LogP contribution in [0.2, 0.25) is 0 Å². The normalized spacial score (nSPS) is 56.0. The molecule has 6 atom stereocenters. The first kappa shape index (κ1) is 14.5. The van der Waals surface area contributed by atoms with Crippen molar-refractivity contribution in [2.45, 2.75) is 51.4 Å². The second kappa shape index (κ2) is 3.86. The van der Waals surface area contributed by atoms with Gasteiger partial charge in [0.1, 0.15) is 0 Å². The van der Waals surface area contributed by atoms with Crippen molar-refractivity contribution in [3.8, 4) is 0 Å². The number of methoxy groups -OCH3 is 1. The summed E-state index contributed by atoms with van der Waals surface area (Å²) in [7, 11) is 1.66. The van der Waals surface area contributed by atoms with Gasteiger partial charge in [0, 0.05) is 23.9 Å². The summed E-state index contributed by atoms with van der Waals surface area (Å²) in [6.45, 7) is 6.03. The van der Waals surface area contributed by atoms with Crippen molar-refractivity contribution in [2.75, 3.05) is 13.7 Å². The van der Waals surface area contributed by atoms with E-state index in [2.05, 4.69) is 6.92 Å². The monoisotopic (exact) mass is 282 g/mol. The predicted molar refractivity (Wildman–Crippen MR) is 75.0 cm³/mol. The molecule has 0 spiro atoms. The lowest BCUT2D eigenvalue weighted by atomic mass is 9.35. The summed E-state index contributed by atoms with van der Waals surface area (Å²) in [5, 5.41) is 31.8. The Kier molecular flexibility index (Phi) is 2.80. The topological polar surface area (TPSA) is 69.9 Å². The Labute approximate surface area is 120 Å². The first-order valence-electron chi connectivity index (χ1n) is 7.43. The van der Waals surface area contributed by atoms with Crippen LogP contribution in [0.15, 0.2) is 12.2 Å². The molecule has 3 N–H and O–H groups in total. The lowest BCUT2D eigenvalue weighted by molar-refractivity contribution is -0.331. The first-order valence-corrected chi connectivity index (χ1v) is 7.43. The van der Waals surface area contributed by atoms with Crippen LogP contribution in [0, 0.1) is 22.2 Å². The van der Waals surface area contributed by atoms with Crippen LogP contribution in [0.25, 0.3) is 0 Å². The van der Waals surface area contributed by atoms with E-state index in [1.54, 1.807) is 7.11 Å². The third-order valence-electron chi connectivity index (χ3n) is 6.85. The highest BCUT2D eigenvalue weighted by Gasteiger charge is 2.77. The fraction of sp³-hybridized carbons (Fsp3) is 0.875. The van der Waals surface area contributed by atoms with Gasteiger partial charge in [-0.05, 0) is 18.3 Å². The molecule has 4 heteroatoms. The smallest absolute Gasteiger partial charge is 0.0993 e. The van der Waals surface area contributed by atoms with Crippen molar-refractivity contribution in [3.05, 3.63) is 12.2 Å². The summed E-state index contributed by atoms with van der Waals surface area (Å²) in [5.41, 5.74) is -2.32. The van der Waals surface area contributed by atoms with Crippen molar-refractivity contribution in [2.24, 2.45) is 22.2 Å². The zero-order valence-electron chi connectivity index (χ0n) is 12.8. The van der Waals surface area contributed by atoms with Crippen molar-refractivity contribution in [1.29, 1.82) is 0 Å². The third-order valence-corrected chi connectivity index (χ3v) is 6.85. The number of rotatable bonds is 2. The van der Waals surface area contributed by atoms with Crippen LogP contribution in [-0.2, 0) is 4.74 Å². The Morgan fingerprint density at radius 3 is 2.40 bits per heavy atom. The van der Waals surface area contributed by atoms with Gasteiger partial charge < -0.3 is 20.1 Å². The van der Waals surface area contributed by atoms with E-state index in [-0.39, 0.29) is 29.5 Å². The molecule has 0 heterocycles. The minimum absolute atomic E-state index is 0.0182. The van der Waals surface area contributed by atoms with E-state index in [1.165, 1.54) is 0 Å². The van der Waals surface area contributed by atoms with Gasteiger partial charge in [-0.25, -0.2) is 0 Å². The van der Waals surface area contributed by atoms with Crippen molar-refractivity contribution in [3.63, 3.8) is 0 Å². The van der Waals surface area contributed by atoms with Gasteiger partial charge in [0.25, 0.3) is 0 Å². The summed E-state index contributed by atoms with van der Waals surface area (Å²) in [6.07, 6.45) is 4.35. The molecule has 0 radical (unpaired) electrons. The molecule has 0 saturated heterocycles. The molecule has 4 nitrogen and oxygen atoms in total. The number of hydrogen-bond acceptors (Lipinski definition) is 4. The number of hydrogen-bond donors (Lipinski definition) is 3. The van der Waals surface area contributed by atoms with Gasteiger partial charge in [-0.3, -0.25) is 0 Å². The molecule has 0 aromatic rings. The summed E-state index contributed by atoms with van der Waals surface area (Å²) < 4.78 is 5.56. The largest absolute Gasteiger partial charge is 0.395 e. The minimum atomic E-state index is -1.12. The molecule has 2 fully saturated rings. The zero-order valence-corrected chi connectivity index (χ0v) is 12.8. The fourth-order valence-corrected chi connectivity index (χ4v) is 5.41. The average Bonchev–Trinajstić information content (AvgIpc) is 2.67. The molecule has 0 aromatic carbocycles. The quantitative estimate of drug-likeness (QED) is 0.663. The Hall–Kier alpha value is -0.420. The minimum Gasteiger partial charge on any atom is -0.395 e. The standard InChI is InChI=1S/C16H26O4/c1-13(2)7-10-15(9-17)6-5-12(20-4)14(15,3)8-11(18)16(10,13)19/h5-6,10-12,17-19H,7-9H2,1-4H3. The predicted octanol–water partition coefficient (Wildman–Crippen LogP) is 1.10. The van der Waals surface area contributed by atoms with Gasteiger partial charge >= 0.3 is 0 Å². The summed E-state index contributed by atoms with van der Waals surface area (Å²) >= 11 is 0. The molecule has 6 unspecified atom stereocenters. The molecular formula is C16H26O4. The van der Waals surface area contributed by atoms with E-state index in [4.69, 9.17) is 4.74 Å². The molecule has 114 valence electrons. The van der Waals surface area contributed by atoms with Crippen LogP contribution in [0.4, 0.5) is 0 Å². The average molecular weight is 282 g/mol. The highest BCUT2D eigenvalue weighted by molar-refractivity contribution is 5.34. The van der Waals surface area contributed by atoms with Gasteiger partial charge in [-0.1, -0.05) is 32.9 Å². The van der Waals surface area contributed by atoms with Crippen LogP contribution in [0.1, 0.15) is 33.6 Å². The number of aliphatic hydroxyl groups is 3. The molecule has 0 aromatic heterocycles. The summed E-state index contributed by atoms with van der Waals surface area (Å²) in [4.78, 5) is 0. The summed E-state index contributed by atoms with van der Waals surface area (Å²) in [5.74, 6) is -0.125. The maximum absolute atomic E-state index is 11.1. The van der Waals surface area contributed by atoms with Crippen molar-refractivity contribution < 1.29 is 20.1 Å². The van der Waals surface area contributed by atoms with Gasteiger partial charge in [-0.15, -0.1) is 0 Å². The maximum Gasteiger partial charge on any atom is 0.0993 e. The highest BCUT2D eigenvalue weighted by Crippen LogP contribution is 2.72. The number of fused-ring (bicyclic) bond motifs is 3. The number of ether oxygens (including phenoxy) is 1. The van der Waals surface area contributed by atoms with E-state index in [0.29, 0.717) is 6.42 Å². The van der Waals surface area contributed by atoms with Gasteiger partial charge in [0.05, 0.1) is 24.4 Å². The van der Waals surface area contributed by atoms with Crippen LogP contribution in [0.3, 0.4) is 0 Å². The van der Waals surface area contributed by atoms with E-state index < -0.39 is 17.1 Å². The first-order chi connectivity index (χ1) is 9.19. The Balaban J connectivity index is 2.10. The van der Waals surface area contributed by atoms with E-state index in [1.807, 2.05) is 26.0 Å². The third kappa shape index (κ3) is 1.23. The van der Waals surface area contributed by atoms with Crippen LogP contribution in [-0.4, -0.2) is 46.8 Å². The van der Waals surface area contributed by atoms with Crippen LogP contribution >= 0.6 is 0 Å². The van der Waals surface area contributed by atoms with Crippen LogP contribution < -0.4 is 0 Å². The Bertz CT molecular complexity index is 459. The van der Waals surface area contributed by atoms with E-state index >= 15 is 0 Å². The molecule has 20 heavy (non-hydrogen) atoms. The molecule has 3 aliphatic carbocycles. The fourth-order valence-electron chi connectivity index (χ4n) is 5.41. The molecule has 0 aliphatic heterocycles. The van der Waals surface area contributed by atoms with Gasteiger partial charge in [0.2, 0.25) is 0 Å². The summed E-state index contributed by atoms with van der Waals surface area (Å²) in [6, 6.07) is 0. The maximum atomic E-state index is 11.1. The van der Waals surface area contributed by atoms with E-state index in [0.717, 1.165) is 6.42 Å². The number of aliphatic hydroxyl groups excluding tert-OH is 2. The van der Waals surface area contributed by atoms with Gasteiger partial charge in [0.15, 0.2) is 0 Å². The molecule has 2 saturated carbocycles. The Morgan fingerprint density at radius 2 is 1.90 bits per heavy atom. The Morgan fingerprint density at radius 1 is 1.25 bits per heavy atom. The van der Waals surface area contributed by atoms with Crippen molar-refractivity contribution in [1.82, 2.24) is 0 Å². The van der Waals surface area contributed by atoms with Crippen LogP contribution in [0.5, 0.6) is 0 Å². The lowest BCUT2D eigenvalue weighted by Gasteiger charge is -2.71. The molecule has 0 bridgehead atoms. The molecule has 0 amide bonds. The zero-order chi connectivity index (χ0) is 15.0. The van der Waals surface area contributed by atoms with Crippen molar-refractivity contribution >= 4 is 0 Å². The second-order valence-electron chi connectivity index (χ2n) is 7.82. The lowest BCUT2D eigenvalue weighted by Crippen LogP contribution is -2.78. The molecule has 3 aliphatic rings.